The Morgan fingerprint density at radius 1 is 1.41 bits per heavy atom. The molecule has 3 rings (SSSR count). The smallest absolute Gasteiger partial charge is 0.137 e. The Bertz CT molecular complexity index is 662. The monoisotopic (exact) mass is 299 g/mol. The molecule has 0 amide bonds. The van der Waals surface area contributed by atoms with Crippen LogP contribution in [-0.2, 0) is 13.1 Å². The second kappa shape index (κ2) is 6.67. The van der Waals surface area contributed by atoms with E-state index in [0.717, 1.165) is 31.6 Å². The number of benzene rings is 1. The summed E-state index contributed by atoms with van der Waals surface area (Å²) in [6, 6.07) is 6.54. The zero-order chi connectivity index (χ0) is 15.4. The zero-order valence-corrected chi connectivity index (χ0v) is 12.3. The largest absolute Gasteiger partial charge is 0.299 e. The first kappa shape index (κ1) is 14.7. The van der Waals surface area contributed by atoms with Gasteiger partial charge in [0.1, 0.15) is 18.5 Å². The molecular formula is C16H18FN5. The molecule has 0 unspecified atom stereocenters. The molecule has 1 aliphatic rings. The Hall–Kier alpha value is -2.26. The van der Waals surface area contributed by atoms with E-state index in [9.17, 15) is 4.39 Å². The fourth-order valence-electron chi connectivity index (χ4n) is 3.07. The number of aromatic nitrogens is 3. The highest BCUT2D eigenvalue weighted by atomic mass is 19.1. The van der Waals surface area contributed by atoms with Gasteiger partial charge in [0.15, 0.2) is 0 Å². The molecule has 1 aromatic carbocycles. The van der Waals surface area contributed by atoms with Gasteiger partial charge < -0.3 is 0 Å². The van der Waals surface area contributed by atoms with Crippen molar-refractivity contribution in [3.8, 4) is 6.07 Å². The van der Waals surface area contributed by atoms with E-state index in [-0.39, 0.29) is 5.82 Å². The van der Waals surface area contributed by atoms with Crippen molar-refractivity contribution in [2.75, 3.05) is 13.1 Å². The molecule has 114 valence electrons. The van der Waals surface area contributed by atoms with E-state index >= 15 is 0 Å². The van der Waals surface area contributed by atoms with Gasteiger partial charge in [0.25, 0.3) is 0 Å². The molecule has 6 heteroatoms. The van der Waals surface area contributed by atoms with Gasteiger partial charge in [-0.2, -0.15) is 10.4 Å². The summed E-state index contributed by atoms with van der Waals surface area (Å²) in [5.41, 5.74) is 1.32. The molecule has 1 aliphatic heterocycles. The molecule has 5 nitrogen and oxygen atoms in total. The Balaban J connectivity index is 1.64. The molecule has 0 aliphatic carbocycles. The highest BCUT2D eigenvalue weighted by Crippen LogP contribution is 2.21. The summed E-state index contributed by atoms with van der Waals surface area (Å²) >= 11 is 0. The van der Waals surface area contributed by atoms with E-state index in [4.69, 9.17) is 5.26 Å². The van der Waals surface area contributed by atoms with Gasteiger partial charge in [0.2, 0.25) is 0 Å². The zero-order valence-electron chi connectivity index (χ0n) is 12.3. The van der Waals surface area contributed by atoms with Crippen LogP contribution in [0.25, 0.3) is 0 Å². The molecule has 1 aromatic heterocycles. The van der Waals surface area contributed by atoms with Crippen LogP contribution in [0.15, 0.2) is 30.9 Å². The van der Waals surface area contributed by atoms with Gasteiger partial charge >= 0.3 is 0 Å². The van der Waals surface area contributed by atoms with Gasteiger partial charge in [-0.3, -0.25) is 9.58 Å². The highest BCUT2D eigenvalue weighted by molar-refractivity contribution is 5.37. The van der Waals surface area contributed by atoms with Crippen LogP contribution < -0.4 is 0 Å². The molecule has 2 aromatic rings. The molecule has 0 N–H and O–H groups in total. The SMILES string of the molecule is N#Cc1cc(F)ccc1CN1CCC[C@H](Cn2cncn2)C1. The van der Waals surface area contributed by atoms with Crippen LogP contribution in [-0.4, -0.2) is 32.8 Å². The molecule has 1 saturated heterocycles. The predicted octanol–water partition coefficient (Wildman–Crippen LogP) is 2.20. The standard InChI is InChI=1S/C16H18FN5/c17-16-4-3-14(15(6-16)7-18)10-21-5-1-2-13(8-21)9-22-12-19-11-20-22/h3-4,6,11-13H,1-2,5,8-10H2/t13-/m0/s1. The van der Waals surface area contributed by atoms with Gasteiger partial charge in [0.05, 0.1) is 11.6 Å². The molecule has 0 radical (unpaired) electrons. The fraction of sp³-hybridized carbons (Fsp3) is 0.438. The second-order valence-corrected chi connectivity index (χ2v) is 5.77. The molecular weight excluding hydrogens is 281 g/mol. The van der Waals surface area contributed by atoms with E-state index in [1.54, 1.807) is 18.7 Å². The summed E-state index contributed by atoms with van der Waals surface area (Å²) in [4.78, 5) is 6.30. The van der Waals surface area contributed by atoms with Crippen molar-refractivity contribution in [2.45, 2.75) is 25.9 Å². The lowest BCUT2D eigenvalue weighted by atomic mass is 9.97. The summed E-state index contributed by atoms with van der Waals surface area (Å²) in [5, 5.41) is 13.3. The third kappa shape index (κ3) is 3.49. The molecule has 1 fully saturated rings. The highest BCUT2D eigenvalue weighted by Gasteiger charge is 2.21. The van der Waals surface area contributed by atoms with E-state index in [1.807, 2.05) is 4.68 Å². The normalized spacial score (nSPS) is 19.0. The number of nitriles is 1. The van der Waals surface area contributed by atoms with Crippen LogP contribution in [0.4, 0.5) is 4.39 Å². The number of rotatable bonds is 4. The summed E-state index contributed by atoms with van der Waals surface area (Å²) in [5.74, 6) is 0.171. The van der Waals surface area contributed by atoms with Crippen LogP contribution >= 0.6 is 0 Å². The molecule has 22 heavy (non-hydrogen) atoms. The number of piperidine rings is 1. The van der Waals surface area contributed by atoms with Gasteiger partial charge in [-0.25, -0.2) is 9.37 Å². The quantitative estimate of drug-likeness (QED) is 0.868. The number of hydrogen-bond acceptors (Lipinski definition) is 4. The fourth-order valence-corrected chi connectivity index (χ4v) is 3.07. The van der Waals surface area contributed by atoms with E-state index in [0.29, 0.717) is 18.0 Å². The van der Waals surface area contributed by atoms with Crippen LogP contribution in [0.3, 0.4) is 0 Å². The lowest BCUT2D eigenvalue weighted by Gasteiger charge is -2.32. The number of hydrogen-bond donors (Lipinski definition) is 0. The minimum Gasteiger partial charge on any atom is -0.299 e. The molecule has 1 atom stereocenters. The third-order valence-electron chi connectivity index (χ3n) is 4.10. The summed E-state index contributed by atoms with van der Waals surface area (Å²) in [6.07, 6.45) is 5.60. The first-order chi connectivity index (χ1) is 10.7. The maximum Gasteiger partial charge on any atom is 0.137 e. The lowest BCUT2D eigenvalue weighted by molar-refractivity contribution is 0.153. The average Bonchev–Trinajstić information content (AvgIpc) is 3.02. The van der Waals surface area contributed by atoms with Crippen molar-refractivity contribution in [3.05, 3.63) is 47.8 Å². The van der Waals surface area contributed by atoms with Crippen LogP contribution in [0.1, 0.15) is 24.0 Å². The Kier molecular flexibility index (Phi) is 4.45. The van der Waals surface area contributed by atoms with Crippen molar-refractivity contribution >= 4 is 0 Å². The van der Waals surface area contributed by atoms with Crippen molar-refractivity contribution in [2.24, 2.45) is 5.92 Å². The molecule has 2 heterocycles. The van der Waals surface area contributed by atoms with Crippen molar-refractivity contribution in [1.82, 2.24) is 19.7 Å². The van der Waals surface area contributed by atoms with Gasteiger partial charge in [0, 0.05) is 19.6 Å². The maximum absolute atomic E-state index is 13.2. The molecule has 0 saturated carbocycles. The van der Waals surface area contributed by atoms with E-state index in [2.05, 4.69) is 21.1 Å². The van der Waals surface area contributed by atoms with Gasteiger partial charge in [-0.05, 0) is 43.0 Å². The van der Waals surface area contributed by atoms with Crippen LogP contribution in [0, 0.1) is 23.1 Å². The Morgan fingerprint density at radius 2 is 2.32 bits per heavy atom. The maximum atomic E-state index is 13.2. The van der Waals surface area contributed by atoms with Crippen LogP contribution in [0.5, 0.6) is 0 Å². The van der Waals surface area contributed by atoms with E-state index < -0.39 is 0 Å². The minimum atomic E-state index is -0.358. The van der Waals surface area contributed by atoms with Gasteiger partial charge in [-0.15, -0.1) is 0 Å². The van der Waals surface area contributed by atoms with E-state index in [1.165, 1.54) is 18.6 Å². The predicted molar refractivity (Wildman–Crippen MR) is 79.1 cm³/mol. The first-order valence-electron chi connectivity index (χ1n) is 7.48. The first-order valence-corrected chi connectivity index (χ1v) is 7.48. The summed E-state index contributed by atoms with van der Waals surface area (Å²) < 4.78 is 15.1. The minimum absolute atomic E-state index is 0.358. The summed E-state index contributed by atoms with van der Waals surface area (Å²) in [6.45, 7) is 3.53. The van der Waals surface area contributed by atoms with Crippen molar-refractivity contribution in [1.29, 1.82) is 5.26 Å². The number of nitrogens with zero attached hydrogens (tertiary/aromatic N) is 5. The molecule has 0 spiro atoms. The van der Waals surface area contributed by atoms with Crippen molar-refractivity contribution < 1.29 is 4.39 Å². The number of halogens is 1. The van der Waals surface area contributed by atoms with Crippen molar-refractivity contribution in [3.63, 3.8) is 0 Å². The van der Waals surface area contributed by atoms with Gasteiger partial charge in [-0.1, -0.05) is 6.07 Å². The third-order valence-corrected chi connectivity index (χ3v) is 4.10. The second-order valence-electron chi connectivity index (χ2n) is 5.77. The molecule has 0 bridgehead atoms. The topological polar surface area (TPSA) is 57.7 Å². The Morgan fingerprint density at radius 3 is 3.09 bits per heavy atom. The Labute approximate surface area is 129 Å². The lowest BCUT2D eigenvalue weighted by Crippen LogP contribution is -2.36. The average molecular weight is 299 g/mol. The van der Waals surface area contributed by atoms with Crippen LogP contribution in [0.2, 0.25) is 0 Å². The summed E-state index contributed by atoms with van der Waals surface area (Å²) in [7, 11) is 0. The number of likely N-dealkylation sites (tertiary alicyclic amines) is 1.